The van der Waals surface area contributed by atoms with E-state index in [-0.39, 0.29) is 0 Å². The molecule has 0 fully saturated rings. The van der Waals surface area contributed by atoms with E-state index in [0.717, 1.165) is 29.2 Å². The van der Waals surface area contributed by atoms with Crippen LogP contribution in [-0.2, 0) is 6.54 Å². The van der Waals surface area contributed by atoms with Crippen molar-refractivity contribution in [1.29, 1.82) is 0 Å². The second-order valence-corrected chi connectivity index (χ2v) is 4.25. The SMILES string of the molecule is CN(C)CCNCc1ccc(I)o1. The van der Waals surface area contributed by atoms with Gasteiger partial charge in [-0.15, -0.1) is 0 Å². The Hall–Kier alpha value is -0.0700. The zero-order valence-electron chi connectivity index (χ0n) is 8.01. The Balaban J connectivity index is 2.13. The zero-order valence-corrected chi connectivity index (χ0v) is 10.2. The van der Waals surface area contributed by atoms with Crippen LogP contribution in [-0.4, -0.2) is 32.1 Å². The third kappa shape index (κ3) is 4.64. The Morgan fingerprint density at radius 3 is 2.77 bits per heavy atom. The Bertz CT molecular complexity index is 248. The molecule has 1 heterocycles. The summed E-state index contributed by atoms with van der Waals surface area (Å²) in [5, 5.41) is 3.31. The summed E-state index contributed by atoms with van der Waals surface area (Å²) in [5.41, 5.74) is 0. The molecular weight excluding hydrogens is 279 g/mol. The monoisotopic (exact) mass is 294 g/mol. The topological polar surface area (TPSA) is 28.4 Å². The summed E-state index contributed by atoms with van der Waals surface area (Å²) in [5.74, 6) is 1.00. The van der Waals surface area contributed by atoms with Crippen LogP contribution in [0.3, 0.4) is 0 Å². The molecule has 0 saturated carbocycles. The van der Waals surface area contributed by atoms with Crippen LogP contribution in [0.25, 0.3) is 0 Å². The average Bonchev–Trinajstić information content (AvgIpc) is 2.45. The fourth-order valence-corrected chi connectivity index (χ4v) is 1.42. The summed E-state index contributed by atoms with van der Waals surface area (Å²) in [4.78, 5) is 2.15. The highest BCUT2D eigenvalue weighted by molar-refractivity contribution is 14.1. The van der Waals surface area contributed by atoms with Gasteiger partial charge in [0.1, 0.15) is 5.76 Å². The molecule has 0 saturated heterocycles. The lowest BCUT2D eigenvalue weighted by Crippen LogP contribution is -2.25. The van der Waals surface area contributed by atoms with Crippen molar-refractivity contribution in [2.24, 2.45) is 0 Å². The number of nitrogens with one attached hydrogen (secondary N) is 1. The molecule has 4 heteroatoms. The fraction of sp³-hybridized carbons (Fsp3) is 0.556. The molecule has 0 amide bonds. The van der Waals surface area contributed by atoms with Crippen LogP contribution < -0.4 is 5.32 Å². The Kier molecular flexibility index (Phi) is 4.76. The largest absolute Gasteiger partial charge is 0.454 e. The van der Waals surface area contributed by atoms with E-state index in [9.17, 15) is 0 Å². The van der Waals surface area contributed by atoms with Crippen molar-refractivity contribution in [3.63, 3.8) is 0 Å². The van der Waals surface area contributed by atoms with Crippen molar-refractivity contribution < 1.29 is 4.42 Å². The lowest BCUT2D eigenvalue weighted by molar-refractivity contribution is 0.390. The molecular formula is C9H15IN2O. The first-order valence-corrected chi connectivity index (χ1v) is 5.36. The van der Waals surface area contributed by atoms with E-state index in [1.54, 1.807) is 0 Å². The lowest BCUT2D eigenvalue weighted by Gasteiger charge is -2.09. The molecule has 0 radical (unpaired) electrons. The predicted molar refractivity (Wildman–Crippen MR) is 61.7 cm³/mol. The van der Waals surface area contributed by atoms with Crippen LogP contribution in [0.15, 0.2) is 16.5 Å². The lowest BCUT2D eigenvalue weighted by atomic mass is 10.4. The first kappa shape index (κ1) is 11.0. The van der Waals surface area contributed by atoms with Gasteiger partial charge in [0.2, 0.25) is 0 Å². The second-order valence-electron chi connectivity index (χ2n) is 3.19. The van der Waals surface area contributed by atoms with Gasteiger partial charge in [-0.2, -0.15) is 0 Å². The summed E-state index contributed by atoms with van der Waals surface area (Å²) >= 11 is 2.17. The minimum Gasteiger partial charge on any atom is -0.454 e. The molecule has 0 aliphatic carbocycles. The van der Waals surface area contributed by atoms with Gasteiger partial charge in [-0.25, -0.2) is 0 Å². The van der Waals surface area contributed by atoms with Gasteiger partial charge in [0.05, 0.1) is 6.54 Å². The van der Waals surface area contributed by atoms with Crippen LogP contribution in [0.2, 0.25) is 0 Å². The van der Waals surface area contributed by atoms with Crippen LogP contribution in [0, 0.1) is 3.77 Å². The standard InChI is InChI=1S/C9H15IN2O/c1-12(2)6-5-11-7-8-3-4-9(10)13-8/h3-4,11H,5-7H2,1-2H3. The number of halogens is 1. The quantitative estimate of drug-likeness (QED) is 0.659. The van der Waals surface area contributed by atoms with Crippen molar-refractivity contribution in [1.82, 2.24) is 10.2 Å². The average molecular weight is 294 g/mol. The van der Waals surface area contributed by atoms with Gasteiger partial charge < -0.3 is 14.6 Å². The second kappa shape index (κ2) is 5.62. The predicted octanol–water partition coefficient (Wildman–Crippen LogP) is 1.54. The summed E-state index contributed by atoms with van der Waals surface area (Å²) in [7, 11) is 4.13. The van der Waals surface area contributed by atoms with Crippen molar-refractivity contribution in [3.05, 3.63) is 21.7 Å². The molecule has 0 bridgehead atoms. The van der Waals surface area contributed by atoms with Gasteiger partial charge in [-0.05, 0) is 48.8 Å². The third-order valence-corrected chi connectivity index (χ3v) is 2.24. The zero-order chi connectivity index (χ0) is 9.68. The van der Waals surface area contributed by atoms with E-state index in [2.05, 4.69) is 46.9 Å². The molecule has 0 aromatic carbocycles. The van der Waals surface area contributed by atoms with Gasteiger partial charge in [0.15, 0.2) is 3.77 Å². The third-order valence-electron chi connectivity index (χ3n) is 1.66. The first-order valence-electron chi connectivity index (χ1n) is 4.28. The molecule has 74 valence electrons. The van der Waals surface area contributed by atoms with Gasteiger partial charge in [-0.3, -0.25) is 0 Å². The fourth-order valence-electron chi connectivity index (χ4n) is 0.961. The smallest absolute Gasteiger partial charge is 0.164 e. The van der Waals surface area contributed by atoms with E-state index in [4.69, 9.17) is 4.42 Å². The van der Waals surface area contributed by atoms with E-state index in [1.165, 1.54) is 0 Å². The van der Waals surface area contributed by atoms with Gasteiger partial charge in [0, 0.05) is 13.1 Å². The number of hydrogen-bond acceptors (Lipinski definition) is 3. The number of rotatable bonds is 5. The van der Waals surface area contributed by atoms with E-state index in [0.29, 0.717) is 0 Å². The summed E-state index contributed by atoms with van der Waals surface area (Å²) < 4.78 is 6.35. The first-order chi connectivity index (χ1) is 6.18. The maximum Gasteiger partial charge on any atom is 0.164 e. The highest BCUT2D eigenvalue weighted by Gasteiger charge is 1.97. The minimum absolute atomic E-state index is 0.816. The summed E-state index contributed by atoms with van der Waals surface area (Å²) in [6, 6.07) is 3.98. The van der Waals surface area contributed by atoms with Gasteiger partial charge in [0.25, 0.3) is 0 Å². The van der Waals surface area contributed by atoms with E-state index < -0.39 is 0 Å². The van der Waals surface area contributed by atoms with Crippen molar-refractivity contribution in [2.75, 3.05) is 27.2 Å². The Labute approximate surface area is 92.6 Å². The molecule has 0 unspecified atom stereocenters. The minimum atomic E-state index is 0.816. The molecule has 0 aliphatic heterocycles. The van der Waals surface area contributed by atoms with Crippen LogP contribution in [0.1, 0.15) is 5.76 Å². The molecule has 3 nitrogen and oxygen atoms in total. The molecule has 13 heavy (non-hydrogen) atoms. The molecule has 0 aliphatic rings. The van der Waals surface area contributed by atoms with Crippen LogP contribution in [0.5, 0.6) is 0 Å². The normalized spacial score (nSPS) is 11.1. The summed E-state index contributed by atoms with van der Waals surface area (Å²) in [6.07, 6.45) is 0. The molecule has 1 rings (SSSR count). The van der Waals surface area contributed by atoms with Gasteiger partial charge in [-0.1, -0.05) is 0 Å². The number of likely N-dealkylation sites (N-methyl/N-ethyl adjacent to an activating group) is 1. The Morgan fingerprint density at radius 2 is 2.23 bits per heavy atom. The van der Waals surface area contributed by atoms with Crippen molar-refractivity contribution >= 4 is 22.6 Å². The molecule has 0 atom stereocenters. The summed E-state index contributed by atoms with van der Waals surface area (Å²) in [6.45, 7) is 2.86. The highest BCUT2D eigenvalue weighted by atomic mass is 127. The molecule has 1 aromatic heterocycles. The Morgan fingerprint density at radius 1 is 1.46 bits per heavy atom. The molecule has 1 N–H and O–H groups in total. The maximum absolute atomic E-state index is 5.40. The van der Waals surface area contributed by atoms with Crippen molar-refractivity contribution in [3.8, 4) is 0 Å². The molecule has 0 spiro atoms. The van der Waals surface area contributed by atoms with Crippen LogP contribution in [0.4, 0.5) is 0 Å². The number of nitrogens with zero attached hydrogens (tertiary/aromatic N) is 1. The number of hydrogen-bond donors (Lipinski definition) is 1. The van der Waals surface area contributed by atoms with Gasteiger partial charge >= 0.3 is 0 Å². The van der Waals surface area contributed by atoms with Crippen molar-refractivity contribution in [2.45, 2.75) is 6.54 Å². The highest BCUT2D eigenvalue weighted by Crippen LogP contribution is 2.09. The molecule has 1 aromatic rings. The van der Waals surface area contributed by atoms with Crippen LogP contribution >= 0.6 is 22.6 Å². The maximum atomic E-state index is 5.40. The van der Waals surface area contributed by atoms with E-state index >= 15 is 0 Å². The van der Waals surface area contributed by atoms with E-state index in [1.807, 2.05) is 12.1 Å². The number of furan rings is 1.